The van der Waals surface area contributed by atoms with Crippen molar-refractivity contribution in [3.63, 3.8) is 0 Å². The van der Waals surface area contributed by atoms with Crippen LogP contribution in [-0.4, -0.2) is 33.6 Å². The molecule has 3 fully saturated rings. The first-order valence-electron chi connectivity index (χ1n) is 12.8. The second-order valence-electron chi connectivity index (χ2n) is 12.4. The van der Waals surface area contributed by atoms with E-state index < -0.39 is 0 Å². The molecule has 0 spiro atoms. The predicted octanol–water partition coefficient (Wildman–Crippen LogP) is 5.33. The van der Waals surface area contributed by atoms with Gasteiger partial charge in [-0.25, -0.2) is 0 Å². The summed E-state index contributed by atoms with van der Waals surface area (Å²) in [6.07, 6.45) is 10.6. The maximum Gasteiger partial charge on any atom is 0.0724 e. The van der Waals surface area contributed by atoms with Gasteiger partial charge in [-0.2, -0.15) is 0 Å². The van der Waals surface area contributed by atoms with Crippen LogP contribution in [0.1, 0.15) is 92.4 Å². The molecule has 0 unspecified atom stereocenters. The van der Waals surface area contributed by atoms with E-state index in [0.29, 0.717) is 36.0 Å². The molecule has 4 aliphatic carbocycles. The van der Waals surface area contributed by atoms with Crippen LogP contribution in [-0.2, 0) is 0 Å². The van der Waals surface area contributed by atoms with Crippen LogP contribution in [0.15, 0.2) is 11.6 Å². The van der Waals surface area contributed by atoms with Crippen molar-refractivity contribution >= 4 is 0 Å². The van der Waals surface area contributed by atoms with Gasteiger partial charge in [0.1, 0.15) is 0 Å². The van der Waals surface area contributed by atoms with Crippen molar-refractivity contribution in [3.05, 3.63) is 11.6 Å². The molecular weight excluding hydrogens is 372 g/mol. The van der Waals surface area contributed by atoms with Crippen molar-refractivity contribution in [1.29, 1.82) is 0 Å². The number of aliphatic hydroxyl groups is 3. The summed E-state index contributed by atoms with van der Waals surface area (Å²) in [5, 5.41) is 33.1. The Bertz CT molecular complexity index is 656. The van der Waals surface area contributed by atoms with Crippen molar-refractivity contribution in [1.82, 2.24) is 0 Å². The molecule has 3 nitrogen and oxygen atoms in total. The lowest BCUT2D eigenvalue weighted by molar-refractivity contribution is -0.168. The summed E-state index contributed by atoms with van der Waals surface area (Å²) < 4.78 is 0. The normalized spacial score (nSPS) is 49.2. The van der Waals surface area contributed by atoms with Gasteiger partial charge in [0.05, 0.1) is 18.3 Å². The Kier molecular flexibility index (Phi) is 6.23. The molecule has 0 radical (unpaired) electrons. The topological polar surface area (TPSA) is 60.7 Å². The Morgan fingerprint density at radius 1 is 1.00 bits per heavy atom. The third-order valence-electron chi connectivity index (χ3n) is 10.4. The highest BCUT2D eigenvalue weighted by molar-refractivity contribution is 5.27. The first kappa shape index (κ1) is 22.8. The number of hydrogen-bond acceptors (Lipinski definition) is 3. The number of rotatable bonds is 5. The van der Waals surface area contributed by atoms with E-state index in [1.165, 1.54) is 31.3 Å². The summed E-state index contributed by atoms with van der Waals surface area (Å²) in [4.78, 5) is 0. The third kappa shape index (κ3) is 3.52. The molecular formula is C27H46O3. The maximum absolute atomic E-state index is 11.6. The minimum Gasteiger partial charge on any atom is -0.393 e. The summed E-state index contributed by atoms with van der Waals surface area (Å²) in [6.45, 7) is 11.7. The van der Waals surface area contributed by atoms with Gasteiger partial charge in [-0.3, -0.25) is 0 Å². The monoisotopic (exact) mass is 418 g/mol. The molecule has 0 aromatic carbocycles. The van der Waals surface area contributed by atoms with Gasteiger partial charge in [-0.15, -0.1) is 0 Å². The van der Waals surface area contributed by atoms with Gasteiger partial charge in [-0.05, 0) is 84.9 Å². The zero-order valence-electron chi connectivity index (χ0n) is 20.0. The molecule has 4 rings (SSSR count). The lowest BCUT2D eigenvalue weighted by atomic mass is 9.45. The Morgan fingerprint density at radius 2 is 1.73 bits per heavy atom. The Hall–Kier alpha value is -0.380. The van der Waals surface area contributed by atoms with Crippen LogP contribution in [0.4, 0.5) is 0 Å². The van der Waals surface area contributed by atoms with Crippen molar-refractivity contribution in [2.45, 2.75) is 111 Å². The first-order chi connectivity index (χ1) is 14.1. The molecule has 0 aromatic rings. The second-order valence-corrected chi connectivity index (χ2v) is 12.4. The highest BCUT2D eigenvalue weighted by Gasteiger charge is 2.64. The van der Waals surface area contributed by atoms with E-state index >= 15 is 0 Å². The zero-order valence-corrected chi connectivity index (χ0v) is 20.0. The van der Waals surface area contributed by atoms with Gasteiger partial charge in [0.15, 0.2) is 0 Å². The van der Waals surface area contributed by atoms with Crippen molar-refractivity contribution in [2.75, 3.05) is 0 Å². The minimum absolute atomic E-state index is 0.0341. The van der Waals surface area contributed by atoms with Crippen LogP contribution in [0.25, 0.3) is 0 Å². The lowest BCUT2D eigenvalue weighted by Gasteiger charge is -2.61. The molecule has 0 bridgehead atoms. The largest absolute Gasteiger partial charge is 0.393 e. The SMILES string of the molecule is CC(C)CCC[C@@H](C)[C@H]1CC[C@H]2[C@@H]3[C@H](O)CC4=C[C@H](O)CC[C@]4(C)[C@H]3C[C@H](O)[C@]12C. The summed E-state index contributed by atoms with van der Waals surface area (Å²) in [5.74, 6) is 3.02. The highest BCUT2D eigenvalue weighted by atomic mass is 16.3. The molecule has 3 N–H and O–H groups in total. The van der Waals surface area contributed by atoms with Crippen LogP contribution in [0.2, 0.25) is 0 Å². The van der Waals surface area contributed by atoms with Crippen LogP contribution in [0, 0.1) is 46.3 Å². The van der Waals surface area contributed by atoms with Gasteiger partial charge in [0.25, 0.3) is 0 Å². The molecule has 3 heteroatoms. The summed E-state index contributed by atoms with van der Waals surface area (Å²) in [7, 11) is 0. The predicted molar refractivity (Wildman–Crippen MR) is 122 cm³/mol. The number of hydrogen-bond donors (Lipinski definition) is 3. The lowest BCUT2D eigenvalue weighted by Crippen LogP contribution is -2.60. The van der Waals surface area contributed by atoms with Crippen molar-refractivity contribution < 1.29 is 15.3 Å². The van der Waals surface area contributed by atoms with Crippen molar-refractivity contribution in [3.8, 4) is 0 Å². The molecule has 3 saturated carbocycles. The van der Waals surface area contributed by atoms with E-state index in [2.05, 4.69) is 34.6 Å². The molecule has 4 aliphatic rings. The quantitative estimate of drug-likeness (QED) is 0.529. The fraction of sp³-hybridized carbons (Fsp3) is 0.926. The van der Waals surface area contributed by atoms with Crippen LogP contribution in [0.3, 0.4) is 0 Å². The van der Waals surface area contributed by atoms with Gasteiger partial charge in [0, 0.05) is 0 Å². The molecule has 10 atom stereocenters. The van der Waals surface area contributed by atoms with E-state index in [9.17, 15) is 15.3 Å². The Balaban J connectivity index is 1.58. The van der Waals surface area contributed by atoms with E-state index in [-0.39, 0.29) is 29.1 Å². The standard InChI is InChI=1S/C27H46O3/c1-16(2)7-6-8-17(3)20-9-10-21-25-22(15-24(30)27(20,21)5)26(4)12-11-19(28)13-18(26)14-23(25)29/h13,16-17,19-25,28-30H,6-12,14-15H2,1-5H3/t17-,19-,20-,21+,22+,23-,24+,25+,26+,27-/m1/s1. The minimum atomic E-state index is -0.363. The number of aliphatic hydroxyl groups excluding tert-OH is 3. The molecule has 0 aromatic heterocycles. The smallest absolute Gasteiger partial charge is 0.0724 e. The van der Waals surface area contributed by atoms with E-state index in [1.54, 1.807) is 0 Å². The highest BCUT2D eigenvalue weighted by Crippen LogP contribution is 2.67. The van der Waals surface area contributed by atoms with Crippen LogP contribution >= 0.6 is 0 Å². The number of fused-ring (bicyclic) bond motifs is 5. The maximum atomic E-state index is 11.6. The second kappa shape index (κ2) is 8.19. The van der Waals surface area contributed by atoms with Gasteiger partial charge in [-0.1, -0.05) is 65.5 Å². The molecule has 0 heterocycles. The Morgan fingerprint density at radius 3 is 2.43 bits per heavy atom. The molecule has 30 heavy (non-hydrogen) atoms. The average molecular weight is 419 g/mol. The van der Waals surface area contributed by atoms with Gasteiger partial charge < -0.3 is 15.3 Å². The van der Waals surface area contributed by atoms with E-state index in [4.69, 9.17) is 0 Å². The fourth-order valence-electron chi connectivity index (χ4n) is 8.66. The van der Waals surface area contributed by atoms with Crippen LogP contribution < -0.4 is 0 Å². The summed E-state index contributed by atoms with van der Waals surface area (Å²) in [6, 6.07) is 0. The molecule has 0 amide bonds. The third-order valence-corrected chi connectivity index (χ3v) is 10.4. The van der Waals surface area contributed by atoms with Crippen molar-refractivity contribution in [2.24, 2.45) is 46.3 Å². The Labute approximate surface area is 184 Å². The van der Waals surface area contributed by atoms with E-state index in [1.807, 2.05) is 6.08 Å². The summed E-state index contributed by atoms with van der Waals surface area (Å²) in [5.41, 5.74) is 1.22. The van der Waals surface area contributed by atoms with E-state index in [0.717, 1.165) is 31.6 Å². The molecule has 172 valence electrons. The van der Waals surface area contributed by atoms with Gasteiger partial charge >= 0.3 is 0 Å². The molecule has 0 aliphatic heterocycles. The van der Waals surface area contributed by atoms with Crippen LogP contribution in [0.5, 0.6) is 0 Å². The summed E-state index contributed by atoms with van der Waals surface area (Å²) >= 11 is 0. The average Bonchev–Trinajstić information content (AvgIpc) is 3.02. The zero-order chi connectivity index (χ0) is 21.8. The van der Waals surface area contributed by atoms with Gasteiger partial charge in [0.2, 0.25) is 0 Å². The molecule has 0 saturated heterocycles. The fourth-order valence-corrected chi connectivity index (χ4v) is 8.66. The first-order valence-corrected chi connectivity index (χ1v) is 12.8.